The van der Waals surface area contributed by atoms with Crippen LogP contribution in [-0.4, -0.2) is 0 Å². The summed E-state index contributed by atoms with van der Waals surface area (Å²) in [6, 6.07) is 28.5. The van der Waals surface area contributed by atoms with Crippen molar-refractivity contribution < 1.29 is 0 Å². The number of aryl methyl sites for hydroxylation is 2. The van der Waals surface area contributed by atoms with E-state index in [0.717, 1.165) is 36.5 Å². The summed E-state index contributed by atoms with van der Waals surface area (Å²) in [6.07, 6.45) is 21.9. The molecule has 0 nitrogen and oxygen atoms in total. The number of unbranched alkanes of at least 4 members (excludes halogenated alkanes) is 2. The molecular formula is C40H54. The van der Waals surface area contributed by atoms with E-state index < -0.39 is 0 Å². The minimum absolute atomic E-state index is 0.772. The van der Waals surface area contributed by atoms with Crippen LogP contribution in [0, 0.1) is 11.8 Å². The lowest BCUT2D eigenvalue weighted by Gasteiger charge is -2.29. The van der Waals surface area contributed by atoms with Crippen LogP contribution >= 0.6 is 0 Å². The summed E-state index contributed by atoms with van der Waals surface area (Å²) in [6.45, 7) is 4.64. The van der Waals surface area contributed by atoms with Gasteiger partial charge in [0.2, 0.25) is 0 Å². The molecule has 2 aliphatic rings. The van der Waals surface area contributed by atoms with Crippen LogP contribution in [0.2, 0.25) is 0 Å². The van der Waals surface area contributed by atoms with Crippen molar-refractivity contribution >= 4 is 0 Å². The van der Waals surface area contributed by atoms with Gasteiger partial charge in [-0.25, -0.2) is 0 Å². The summed E-state index contributed by atoms with van der Waals surface area (Å²) in [7, 11) is 0. The van der Waals surface area contributed by atoms with E-state index in [2.05, 4.69) is 86.6 Å². The average Bonchev–Trinajstić information content (AvgIpc) is 3.02. The second kappa shape index (κ2) is 15.0. The molecule has 5 rings (SSSR count). The van der Waals surface area contributed by atoms with E-state index in [4.69, 9.17) is 0 Å². The lowest BCUT2D eigenvalue weighted by Crippen LogP contribution is -2.13. The standard InChI is InChI=1S/C40H54/c1-3-5-6-8-32-13-21-37(22-14-32)39-27-29-40(30-28-39)38-25-17-34(18-26-38)10-9-33-15-23-36(24-16-33)35-19-11-31(7-4-2)12-20-35/h15-18,23-32,35,37H,3-14,19-22H2,1-2H3/t31-,32-,35-,37-. The average molecular weight is 535 g/mol. The van der Waals surface area contributed by atoms with E-state index in [1.165, 1.54) is 112 Å². The molecule has 0 aliphatic heterocycles. The van der Waals surface area contributed by atoms with E-state index in [-0.39, 0.29) is 0 Å². The van der Waals surface area contributed by atoms with Gasteiger partial charge in [-0.05, 0) is 121 Å². The van der Waals surface area contributed by atoms with Crippen molar-refractivity contribution in [3.8, 4) is 11.1 Å². The molecule has 3 aromatic rings. The van der Waals surface area contributed by atoms with Crippen molar-refractivity contribution in [2.45, 2.75) is 128 Å². The molecule has 214 valence electrons. The third kappa shape index (κ3) is 8.11. The van der Waals surface area contributed by atoms with E-state index >= 15 is 0 Å². The quantitative estimate of drug-likeness (QED) is 0.203. The van der Waals surface area contributed by atoms with Gasteiger partial charge in [-0.2, -0.15) is 0 Å². The van der Waals surface area contributed by atoms with Gasteiger partial charge in [0.25, 0.3) is 0 Å². The Labute approximate surface area is 246 Å². The van der Waals surface area contributed by atoms with Crippen molar-refractivity contribution in [1.29, 1.82) is 0 Å². The fourth-order valence-corrected chi connectivity index (χ4v) is 7.72. The third-order valence-corrected chi connectivity index (χ3v) is 10.4. The Morgan fingerprint density at radius 2 is 0.875 bits per heavy atom. The molecule has 0 heterocycles. The Morgan fingerprint density at radius 3 is 1.35 bits per heavy atom. The summed E-state index contributed by atoms with van der Waals surface area (Å²) >= 11 is 0. The predicted octanol–water partition coefficient (Wildman–Crippen LogP) is 12.1. The number of rotatable bonds is 12. The molecule has 0 radical (unpaired) electrons. The zero-order valence-corrected chi connectivity index (χ0v) is 25.6. The van der Waals surface area contributed by atoms with Crippen LogP contribution in [0.3, 0.4) is 0 Å². The molecular weight excluding hydrogens is 480 g/mol. The maximum absolute atomic E-state index is 2.42. The largest absolute Gasteiger partial charge is 0.0654 e. The maximum atomic E-state index is 2.42. The monoisotopic (exact) mass is 534 g/mol. The molecule has 0 bridgehead atoms. The van der Waals surface area contributed by atoms with Crippen molar-refractivity contribution in [2.75, 3.05) is 0 Å². The molecule has 0 aromatic heterocycles. The number of hydrogen-bond donors (Lipinski definition) is 0. The van der Waals surface area contributed by atoms with E-state index in [1.807, 2.05) is 0 Å². The highest BCUT2D eigenvalue weighted by Crippen LogP contribution is 2.39. The first-order valence-corrected chi connectivity index (χ1v) is 17.0. The van der Waals surface area contributed by atoms with Gasteiger partial charge in [0.15, 0.2) is 0 Å². The smallest absolute Gasteiger partial charge is 0.0162 e. The lowest BCUT2D eigenvalue weighted by molar-refractivity contribution is 0.303. The molecule has 2 saturated carbocycles. The summed E-state index contributed by atoms with van der Waals surface area (Å²) in [5, 5.41) is 0. The Hall–Kier alpha value is -2.34. The first-order chi connectivity index (χ1) is 19.7. The van der Waals surface area contributed by atoms with Crippen LogP contribution in [0.15, 0.2) is 72.8 Å². The van der Waals surface area contributed by atoms with E-state index in [0.29, 0.717) is 0 Å². The first kappa shape index (κ1) is 29.2. The van der Waals surface area contributed by atoms with Gasteiger partial charge in [-0.15, -0.1) is 0 Å². The van der Waals surface area contributed by atoms with Crippen molar-refractivity contribution in [3.63, 3.8) is 0 Å². The van der Waals surface area contributed by atoms with E-state index in [1.54, 1.807) is 11.1 Å². The highest BCUT2D eigenvalue weighted by molar-refractivity contribution is 5.64. The molecule has 2 fully saturated rings. The lowest BCUT2D eigenvalue weighted by atomic mass is 9.77. The molecule has 0 amide bonds. The molecule has 0 spiro atoms. The van der Waals surface area contributed by atoms with Gasteiger partial charge >= 0.3 is 0 Å². The van der Waals surface area contributed by atoms with E-state index in [9.17, 15) is 0 Å². The predicted molar refractivity (Wildman–Crippen MR) is 174 cm³/mol. The SMILES string of the molecule is CCCCC[C@H]1CC[C@H](c2ccc(-c3ccc(CCc4ccc([C@H]5CC[C@H](CCC)CC5)cc4)cc3)cc2)CC1. The van der Waals surface area contributed by atoms with Gasteiger partial charge in [-0.3, -0.25) is 0 Å². The zero-order chi connectivity index (χ0) is 27.6. The van der Waals surface area contributed by atoms with Gasteiger partial charge in [0.05, 0.1) is 0 Å². The van der Waals surface area contributed by atoms with Crippen molar-refractivity contribution in [2.24, 2.45) is 11.8 Å². The van der Waals surface area contributed by atoms with Crippen LogP contribution in [0.25, 0.3) is 11.1 Å². The second-order valence-corrected chi connectivity index (χ2v) is 13.3. The van der Waals surface area contributed by atoms with Gasteiger partial charge in [-0.1, -0.05) is 125 Å². The first-order valence-electron chi connectivity index (χ1n) is 17.0. The fourth-order valence-electron chi connectivity index (χ4n) is 7.72. The minimum Gasteiger partial charge on any atom is -0.0654 e. The Kier molecular flexibility index (Phi) is 11.0. The maximum Gasteiger partial charge on any atom is -0.0162 e. The Bertz CT molecular complexity index is 1100. The topological polar surface area (TPSA) is 0 Å². The second-order valence-electron chi connectivity index (χ2n) is 13.3. The van der Waals surface area contributed by atoms with Crippen LogP contribution in [0.5, 0.6) is 0 Å². The van der Waals surface area contributed by atoms with Crippen LogP contribution in [-0.2, 0) is 12.8 Å². The normalized spacial score (nSPS) is 23.2. The summed E-state index contributed by atoms with van der Waals surface area (Å²) in [5.41, 5.74) is 8.73. The van der Waals surface area contributed by atoms with Gasteiger partial charge in [0.1, 0.15) is 0 Å². The van der Waals surface area contributed by atoms with Gasteiger partial charge < -0.3 is 0 Å². The highest BCUT2D eigenvalue weighted by atomic mass is 14.3. The van der Waals surface area contributed by atoms with Crippen LogP contribution < -0.4 is 0 Å². The highest BCUT2D eigenvalue weighted by Gasteiger charge is 2.23. The molecule has 0 atom stereocenters. The minimum atomic E-state index is 0.772. The summed E-state index contributed by atoms with van der Waals surface area (Å²) in [4.78, 5) is 0. The molecule has 0 N–H and O–H groups in total. The number of benzene rings is 3. The molecule has 0 heteroatoms. The van der Waals surface area contributed by atoms with Crippen LogP contribution in [0.4, 0.5) is 0 Å². The summed E-state index contributed by atoms with van der Waals surface area (Å²) in [5.74, 6) is 3.54. The number of hydrogen-bond acceptors (Lipinski definition) is 0. The summed E-state index contributed by atoms with van der Waals surface area (Å²) < 4.78 is 0. The molecule has 0 unspecified atom stereocenters. The molecule has 3 aromatic carbocycles. The molecule has 2 aliphatic carbocycles. The third-order valence-electron chi connectivity index (χ3n) is 10.4. The molecule has 40 heavy (non-hydrogen) atoms. The Morgan fingerprint density at radius 1 is 0.450 bits per heavy atom. The fraction of sp³-hybridized carbons (Fsp3) is 0.550. The Balaban J connectivity index is 1.07. The van der Waals surface area contributed by atoms with Crippen LogP contribution in [0.1, 0.15) is 138 Å². The van der Waals surface area contributed by atoms with Crippen molar-refractivity contribution in [3.05, 3.63) is 95.1 Å². The van der Waals surface area contributed by atoms with Gasteiger partial charge in [0, 0.05) is 0 Å². The van der Waals surface area contributed by atoms with Crippen molar-refractivity contribution in [1.82, 2.24) is 0 Å². The zero-order valence-electron chi connectivity index (χ0n) is 25.6. The molecule has 0 saturated heterocycles.